The molecule has 1 amide bonds. The molecule has 0 radical (unpaired) electrons. The monoisotopic (exact) mass is 356 g/mol. The third kappa shape index (κ3) is 3.70. The average Bonchev–Trinajstić information content (AvgIpc) is 3.26. The van der Waals surface area contributed by atoms with Crippen molar-refractivity contribution in [3.63, 3.8) is 0 Å². The zero-order chi connectivity index (χ0) is 18.7. The Hall–Kier alpha value is -2.47. The summed E-state index contributed by atoms with van der Waals surface area (Å²) in [5.74, 6) is -0.294. The molecule has 2 aromatic rings. The SMILES string of the molecule is CCN(CC)CC(=O)N1N=C(c2ccc(F)cc2)CC1c1cccn1C. The minimum atomic E-state index is -0.277. The van der Waals surface area contributed by atoms with Crippen molar-refractivity contribution in [2.45, 2.75) is 26.3 Å². The highest BCUT2D eigenvalue weighted by Crippen LogP contribution is 2.33. The first kappa shape index (κ1) is 18.3. The number of carbonyl (C=O) groups is 1. The van der Waals surface area contributed by atoms with Gasteiger partial charge in [-0.1, -0.05) is 26.0 Å². The van der Waals surface area contributed by atoms with Gasteiger partial charge in [-0.15, -0.1) is 0 Å². The number of rotatable bonds is 6. The summed E-state index contributed by atoms with van der Waals surface area (Å²) in [5, 5.41) is 6.23. The molecular weight excluding hydrogens is 331 g/mol. The quantitative estimate of drug-likeness (QED) is 0.798. The Morgan fingerprint density at radius 2 is 1.92 bits per heavy atom. The molecule has 138 valence electrons. The van der Waals surface area contributed by atoms with Crippen LogP contribution < -0.4 is 0 Å². The summed E-state index contributed by atoms with van der Waals surface area (Å²) in [7, 11) is 1.97. The number of benzene rings is 1. The van der Waals surface area contributed by atoms with Gasteiger partial charge in [-0.2, -0.15) is 5.10 Å². The third-order valence-electron chi connectivity index (χ3n) is 4.92. The molecule has 0 saturated carbocycles. The summed E-state index contributed by atoms with van der Waals surface area (Å²) < 4.78 is 15.3. The van der Waals surface area contributed by atoms with Crippen LogP contribution in [0.5, 0.6) is 0 Å². The Bertz CT molecular complexity index is 792. The van der Waals surface area contributed by atoms with E-state index in [0.29, 0.717) is 13.0 Å². The van der Waals surface area contributed by atoms with E-state index in [9.17, 15) is 9.18 Å². The number of carbonyl (C=O) groups excluding carboxylic acids is 1. The molecule has 5 nitrogen and oxygen atoms in total. The van der Waals surface area contributed by atoms with Gasteiger partial charge in [0.2, 0.25) is 0 Å². The predicted molar refractivity (Wildman–Crippen MR) is 100 cm³/mol. The Kier molecular flexibility index (Phi) is 5.52. The molecule has 1 aliphatic rings. The van der Waals surface area contributed by atoms with Crippen LogP contribution in [-0.2, 0) is 11.8 Å². The maximum atomic E-state index is 13.2. The van der Waals surface area contributed by atoms with Crippen molar-refractivity contribution in [2.75, 3.05) is 19.6 Å². The minimum absolute atomic E-state index is 0.0167. The zero-order valence-corrected chi connectivity index (χ0v) is 15.5. The van der Waals surface area contributed by atoms with Crippen molar-refractivity contribution in [1.29, 1.82) is 0 Å². The second kappa shape index (κ2) is 7.83. The summed E-state index contributed by atoms with van der Waals surface area (Å²) in [6.45, 7) is 6.07. The van der Waals surface area contributed by atoms with Crippen molar-refractivity contribution < 1.29 is 9.18 Å². The molecule has 0 bridgehead atoms. The number of halogens is 1. The number of likely N-dealkylation sites (N-methyl/N-ethyl adjacent to an activating group) is 1. The Balaban J connectivity index is 1.90. The fourth-order valence-electron chi connectivity index (χ4n) is 3.32. The van der Waals surface area contributed by atoms with Gasteiger partial charge in [0.25, 0.3) is 5.91 Å². The molecule has 0 aliphatic carbocycles. The number of aromatic nitrogens is 1. The molecule has 26 heavy (non-hydrogen) atoms. The summed E-state index contributed by atoms with van der Waals surface area (Å²) in [5.41, 5.74) is 2.70. The van der Waals surface area contributed by atoms with E-state index in [-0.39, 0.29) is 17.8 Å². The number of hydrogen-bond donors (Lipinski definition) is 0. The molecule has 1 aliphatic heterocycles. The van der Waals surface area contributed by atoms with E-state index in [2.05, 4.69) is 10.0 Å². The second-order valence-electron chi connectivity index (χ2n) is 6.52. The molecule has 3 rings (SSSR count). The van der Waals surface area contributed by atoms with E-state index < -0.39 is 0 Å². The summed E-state index contributed by atoms with van der Waals surface area (Å²) in [4.78, 5) is 15.0. The molecule has 1 aromatic carbocycles. The van der Waals surface area contributed by atoms with Crippen molar-refractivity contribution in [2.24, 2.45) is 12.1 Å². The van der Waals surface area contributed by atoms with E-state index in [1.54, 1.807) is 17.1 Å². The van der Waals surface area contributed by atoms with Gasteiger partial charge in [-0.3, -0.25) is 9.69 Å². The van der Waals surface area contributed by atoms with Gasteiger partial charge in [0.05, 0.1) is 12.3 Å². The maximum absolute atomic E-state index is 13.2. The van der Waals surface area contributed by atoms with Crippen LogP contribution in [0.2, 0.25) is 0 Å². The maximum Gasteiger partial charge on any atom is 0.257 e. The smallest absolute Gasteiger partial charge is 0.257 e. The van der Waals surface area contributed by atoms with Gasteiger partial charge in [-0.25, -0.2) is 9.40 Å². The molecule has 0 saturated heterocycles. The van der Waals surface area contributed by atoms with Gasteiger partial charge in [0, 0.05) is 25.4 Å². The fourth-order valence-corrected chi connectivity index (χ4v) is 3.32. The third-order valence-corrected chi connectivity index (χ3v) is 4.92. The number of hydrogen-bond acceptors (Lipinski definition) is 3. The van der Waals surface area contributed by atoms with Gasteiger partial charge in [0.1, 0.15) is 11.9 Å². The molecule has 1 atom stereocenters. The van der Waals surface area contributed by atoms with Crippen molar-refractivity contribution in [3.8, 4) is 0 Å². The fraction of sp³-hybridized carbons (Fsp3) is 0.400. The van der Waals surface area contributed by atoms with E-state index >= 15 is 0 Å². The van der Waals surface area contributed by atoms with Crippen LogP contribution in [0.15, 0.2) is 47.7 Å². The summed E-state index contributed by atoms with van der Waals surface area (Å²) in [6.07, 6.45) is 2.59. The predicted octanol–water partition coefficient (Wildman–Crippen LogP) is 3.18. The van der Waals surface area contributed by atoms with Gasteiger partial charge >= 0.3 is 0 Å². The van der Waals surface area contributed by atoms with Crippen LogP contribution in [0.3, 0.4) is 0 Å². The molecule has 6 heteroatoms. The number of aryl methyl sites for hydroxylation is 1. The van der Waals surface area contributed by atoms with E-state index in [0.717, 1.165) is 30.1 Å². The highest BCUT2D eigenvalue weighted by Gasteiger charge is 2.34. The number of hydrazone groups is 1. The van der Waals surface area contributed by atoms with Crippen LogP contribution in [0.1, 0.15) is 37.6 Å². The van der Waals surface area contributed by atoms with Crippen LogP contribution in [-0.4, -0.2) is 45.7 Å². The van der Waals surface area contributed by atoms with Gasteiger partial charge in [0.15, 0.2) is 0 Å². The zero-order valence-electron chi connectivity index (χ0n) is 15.5. The molecular formula is C20H25FN4O. The van der Waals surface area contributed by atoms with E-state index in [1.807, 2.05) is 43.8 Å². The topological polar surface area (TPSA) is 40.8 Å². The second-order valence-corrected chi connectivity index (χ2v) is 6.52. The number of nitrogens with zero attached hydrogens (tertiary/aromatic N) is 4. The lowest BCUT2D eigenvalue weighted by atomic mass is 10.0. The molecule has 0 spiro atoms. The largest absolute Gasteiger partial charge is 0.353 e. The highest BCUT2D eigenvalue weighted by molar-refractivity contribution is 6.03. The normalized spacial score (nSPS) is 17.0. The van der Waals surface area contributed by atoms with Crippen molar-refractivity contribution >= 4 is 11.6 Å². The summed E-state index contributed by atoms with van der Waals surface area (Å²) >= 11 is 0. The molecule has 1 aromatic heterocycles. The van der Waals surface area contributed by atoms with Crippen molar-refractivity contribution in [3.05, 3.63) is 59.7 Å². The number of amides is 1. The molecule has 2 heterocycles. The van der Waals surface area contributed by atoms with Crippen molar-refractivity contribution in [1.82, 2.24) is 14.5 Å². The summed E-state index contributed by atoms with van der Waals surface area (Å²) in [6, 6.07) is 10.1. The van der Waals surface area contributed by atoms with Gasteiger partial charge in [-0.05, 0) is 42.9 Å². The van der Waals surface area contributed by atoms with Crippen LogP contribution in [0, 0.1) is 5.82 Å². The first-order valence-electron chi connectivity index (χ1n) is 9.02. The average molecular weight is 356 g/mol. The molecule has 1 unspecified atom stereocenters. The molecule has 0 fully saturated rings. The van der Waals surface area contributed by atoms with Gasteiger partial charge < -0.3 is 4.57 Å². The van der Waals surface area contributed by atoms with Crippen LogP contribution in [0.4, 0.5) is 4.39 Å². The Labute approximate surface area is 153 Å². The van der Waals surface area contributed by atoms with Crippen LogP contribution >= 0.6 is 0 Å². The van der Waals surface area contributed by atoms with Crippen LogP contribution in [0.25, 0.3) is 0 Å². The van der Waals surface area contributed by atoms with E-state index in [4.69, 9.17) is 0 Å². The lowest BCUT2D eigenvalue weighted by Gasteiger charge is -2.25. The lowest BCUT2D eigenvalue weighted by molar-refractivity contribution is -0.134. The Morgan fingerprint density at radius 1 is 1.23 bits per heavy atom. The Morgan fingerprint density at radius 3 is 2.50 bits per heavy atom. The first-order valence-corrected chi connectivity index (χ1v) is 9.02. The minimum Gasteiger partial charge on any atom is -0.353 e. The highest BCUT2D eigenvalue weighted by atomic mass is 19.1. The standard InChI is InChI=1S/C20H25FN4O/c1-4-24(5-2)14-20(26)25-19(18-7-6-12-23(18)3)13-17(22-25)15-8-10-16(21)11-9-15/h6-12,19H,4-5,13-14H2,1-3H3. The molecule has 0 N–H and O–H groups in total. The van der Waals surface area contributed by atoms with E-state index in [1.165, 1.54) is 12.1 Å². The lowest BCUT2D eigenvalue weighted by Crippen LogP contribution is -2.38. The first-order chi connectivity index (χ1) is 12.5.